The Bertz CT molecular complexity index is 1730. The number of hydrogen-bond donors (Lipinski definition) is 2. The molecule has 0 atom stereocenters. The van der Waals surface area contributed by atoms with Crippen molar-refractivity contribution in [2.24, 2.45) is 0 Å². The van der Waals surface area contributed by atoms with Crippen molar-refractivity contribution in [1.29, 1.82) is 5.26 Å². The summed E-state index contributed by atoms with van der Waals surface area (Å²) in [5, 5.41) is 11.5. The minimum Gasteiger partial charge on any atom is -0.354 e. The van der Waals surface area contributed by atoms with Crippen molar-refractivity contribution >= 4 is 43.6 Å². The van der Waals surface area contributed by atoms with E-state index >= 15 is 0 Å². The Labute approximate surface area is 171 Å². The van der Waals surface area contributed by atoms with Gasteiger partial charge in [0.2, 0.25) is 0 Å². The number of pyridine rings is 2. The minimum absolute atomic E-state index is 0.0307. The number of hydrogen-bond acceptors (Lipinski definition) is 3. The summed E-state index contributed by atoms with van der Waals surface area (Å²) in [6.45, 7) is 7.69. The monoisotopic (exact) mass is 393 g/mol. The lowest BCUT2D eigenvalue weighted by molar-refractivity contribution is 1.34. The second-order valence-corrected chi connectivity index (χ2v) is 8.01. The van der Waals surface area contributed by atoms with Gasteiger partial charge in [0.1, 0.15) is 0 Å². The lowest BCUT2D eigenvalue weighted by atomic mass is 9.97. The highest BCUT2D eigenvalue weighted by atomic mass is 16.1. The number of nitrogens with zero attached hydrogens (tertiary/aromatic N) is 1. The second-order valence-electron chi connectivity index (χ2n) is 8.01. The molecule has 5 nitrogen and oxygen atoms in total. The van der Waals surface area contributed by atoms with E-state index in [1.807, 2.05) is 39.8 Å². The van der Waals surface area contributed by atoms with Gasteiger partial charge in [-0.05, 0) is 74.2 Å². The molecule has 3 aromatic carbocycles. The Morgan fingerprint density at radius 1 is 0.733 bits per heavy atom. The van der Waals surface area contributed by atoms with E-state index in [0.717, 1.165) is 27.8 Å². The average Bonchev–Trinajstić information content (AvgIpc) is 2.72. The first kappa shape index (κ1) is 18.1. The predicted molar refractivity (Wildman–Crippen MR) is 121 cm³/mol. The van der Waals surface area contributed by atoms with E-state index in [0.29, 0.717) is 43.7 Å². The molecule has 0 aliphatic rings. The molecular weight excluding hydrogens is 374 g/mol. The quantitative estimate of drug-likeness (QED) is 0.371. The van der Waals surface area contributed by atoms with E-state index in [4.69, 9.17) is 0 Å². The summed E-state index contributed by atoms with van der Waals surface area (Å²) in [7, 11) is 0. The van der Waals surface area contributed by atoms with Crippen LogP contribution in [0.2, 0.25) is 0 Å². The van der Waals surface area contributed by atoms with Gasteiger partial charge in [0.15, 0.2) is 10.9 Å². The minimum atomic E-state index is -0.148. The van der Waals surface area contributed by atoms with Crippen LogP contribution in [0.15, 0.2) is 39.9 Å². The van der Waals surface area contributed by atoms with Gasteiger partial charge in [-0.25, -0.2) is 0 Å². The third-order valence-electron chi connectivity index (χ3n) is 6.24. The lowest BCUT2D eigenvalue weighted by Gasteiger charge is -2.13. The zero-order valence-electron chi connectivity index (χ0n) is 17.2. The van der Waals surface area contributed by atoms with Gasteiger partial charge >= 0.3 is 0 Å². The van der Waals surface area contributed by atoms with Gasteiger partial charge in [-0.2, -0.15) is 5.26 Å². The molecule has 2 heterocycles. The third kappa shape index (κ3) is 2.28. The molecule has 0 spiro atoms. The maximum Gasteiger partial charge on any atom is 0.197 e. The molecule has 5 aromatic rings. The summed E-state index contributed by atoms with van der Waals surface area (Å²) in [5.41, 5.74) is 6.61. The number of nitrogens with one attached hydrogen (secondary N) is 2. The SMILES string of the molecule is Cc1ccc2[nH]c3cc4c(=O)c5cc(C#N)cc(C)c5[nH]c4c(C)c3c(=O)c2c1C. The van der Waals surface area contributed by atoms with Crippen molar-refractivity contribution in [3.8, 4) is 6.07 Å². The van der Waals surface area contributed by atoms with E-state index in [9.17, 15) is 14.9 Å². The first-order valence-corrected chi connectivity index (χ1v) is 9.77. The van der Waals surface area contributed by atoms with E-state index in [1.54, 1.807) is 18.2 Å². The van der Waals surface area contributed by atoms with Gasteiger partial charge in [-0.1, -0.05) is 6.07 Å². The molecule has 0 saturated carbocycles. The van der Waals surface area contributed by atoms with E-state index in [-0.39, 0.29) is 10.9 Å². The molecule has 146 valence electrons. The molecule has 0 fully saturated rings. The summed E-state index contributed by atoms with van der Waals surface area (Å²) in [6.07, 6.45) is 0. The molecule has 2 aromatic heterocycles. The molecule has 30 heavy (non-hydrogen) atoms. The second kappa shape index (κ2) is 6.04. The molecule has 0 aliphatic heterocycles. The fraction of sp³-hybridized carbons (Fsp3) is 0.160. The van der Waals surface area contributed by atoms with Gasteiger partial charge in [0.05, 0.1) is 39.1 Å². The summed E-state index contributed by atoms with van der Waals surface area (Å²) >= 11 is 0. The van der Waals surface area contributed by atoms with Crippen molar-refractivity contribution in [2.45, 2.75) is 27.7 Å². The number of aryl methyl sites for hydroxylation is 4. The zero-order valence-corrected chi connectivity index (χ0v) is 17.2. The first-order valence-electron chi connectivity index (χ1n) is 9.77. The van der Waals surface area contributed by atoms with Crippen LogP contribution in [0.4, 0.5) is 0 Å². The largest absolute Gasteiger partial charge is 0.354 e. The van der Waals surface area contributed by atoms with Crippen LogP contribution in [0, 0.1) is 39.0 Å². The maximum absolute atomic E-state index is 13.5. The number of benzene rings is 3. The fourth-order valence-corrected chi connectivity index (χ4v) is 4.50. The standard InChI is InChI=1S/C25H19N3O2/c1-11-5-6-18-20(13(11)3)25(30)21-14(4)23-17(9-19(21)27-18)24(29)16-8-15(10-26)7-12(2)22(16)28-23/h5-9H,1-4H3,(H,27,30)(H,28,29). The van der Waals surface area contributed by atoms with Crippen LogP contribution in [-0.2, 0) is 0 Å². The van der Waals surface area contributed by atoms with Crippen molar-refractivity contribution in [2.75, 3.05) is 0 Å². The van der Waals surface area contributed by atoms with Crippen molar-refractivity contribution in [3.63, 3.8) is 0 Å². The molecule has 5 heteroatoms. The number of aromatic amines is 2. The maximum atomic E-state index is 13.5. The Hall–Kier alpha value is -3.91. The Morgan fingerprint density at radius 3 is 2.17 bits per heavy atom. The van der Waals surface area contributed by atoms with Crippen LogP contribution < -0.4 is 10.9 Å². The van der Waals surface area contributed by atoms with Gasteiger partial charge in [-0.3, -0.25) is 9.59 Å². The Kier molecular flexibility index (Phi) is 3.65. The van der Waals surface area contributed by atoms with E-state index < -0.39 is 0 Å². The smallest absolute Gasteiger partial charge is 0.197 e. The average molecular weight is 393 g/mol. The summed E-state index contributed by atoms with van der Waals surface area (Å²) < 4.78 is 0. The fourth-order valence-electron chi connectivity index (χ4n) is 4.50. The molecule has 5 rings (SSSR count). The molecule has 0 bridgehead atoms. The highest BCUT2D eigenvalue weighted by Gasteiger charge is 2.17. The van der Waals surface area contributed by atoms with Gasteiger partial charge in [0, 0.05) is 16.2 Å². The molecule has 0 radical (unpaired) electrons. The van der Waals surface area contributed by atoms with E-state index in [1.165, 1.54) is 0 Å². The van der Waals surface area contributed by atoms with Gasteiger partial charge in [-0.15, -0.1) is 0 Å². The molecular formula is C25H19N3O2. The highest BCUT2D eigenvalue weighted by molar-refractivity contribution is 6.06. The summed E-state index contributed by atoms with van der Waals surface area (Å²) in [4.78, 5) is 33.5. The number of aromatic nitrogens is 2. The summed E-state index contributed by atoms with van der Waals surface area (Å²) in [6, 6.07) is 11.1. The molecule has 0 amide bonds. The normalized spacial score (nSPS) is 11.6. The first-order chi connectivity index (χ1) is 14.3. The third-order valence-corrected chi connectivity index (χ3v) is 6.24. The topological polar surface area (TPSA) is 89.5 Å². The van der Waals surface area contributed by atoms with Gasteiger partial charge < -0.3 is 9.97 Å². The van der Waals surface area contributed by atoms with Crippen molar-refractivity contribution in [1.82, 2.24) is 9.97 Å². The Morgan fingerprint density at radius 2 is 1.43 bits per heavy atom. The summed E-state index contributed by atoms with van der Waals surface area (Å²) in [5.74, 6) is 0. The number of rotatable bonds is 0. The van der Waals surface area contributed by atoms with Crippen LogP contribution in [0.25, 0.3) is 43.6 Å². The van der Waals surface area contributed by atoms with Crippen LogP contribution in [0.5, 0.6) is 0 Å². The van der Waals surface area contributed by atoms with Crippen LogP contribution >= 0.6 is 0 Å². The lowest BCUT2D eigenvalue weighted by Crippen LogP contribution is -2.12. The number of fused-ring (bicyclic) bond motifs is 4. The number of nitriles is 1. The highest BCUT2D eigenvalue weighted by Crippen LogP contribution is 2.28. The molecule has 0 aliphatic carbocycles. The van der Waals surface area contributed by atoms with Crippen LogP contribution in [0.1, 0.15) is 27.8 Å². The molecule has 0 saturated heterocycles. The van der Waals surface area contributed by atoms with E-state index in [2.05, 4.69) is 16.0 Å². The molecule has 0 unspecified atom stereocenters. The number of H-pyrrole nitrogens is 2. The van der Waals surface area contributed by atoms with Crippen LogP contribution in [-0.4, -0.2) is 9.97 Å². The van der Waals surface area contributed by atoms with Gasteiger partial charge in [0.25, 0.3) is 0 Å². The van der Waals surface area contributed by atoms with Crippen molar-refractivity contribution in [3.05, 3.63) is 78.6 Å². The zero-order chi connectivity index (χ0) is 21.3. The van der Waals surface area contributed by atoms with Crippen molar-refractivity contribution < 1.29 is 0 Å². The van der Waals surface area contributed by atoms with Crippen LogP contribution in [0.3, 0.4) is 0 Å². The Balaban J connectivity index is 2.06. The molecule has 2 N–H and O–H groups in total. The predicted octanol–water partition coefficient (Wildman–Crippen LogP) is 4.78.